The lowest BCUT2D eigenvalue weighted by Crippen LogP contribution is -2.47. The van der Waals surface area contributed by atoms with E-state index in [1.54, 1.807) is 0 Å². The molecule has 0 radical (unpaired) electrons. The summed E-state index contributed by atoms with van der Waals surface area (Å²) < 4.78 is 17.2. The van der Waals surface area contributed by atoms with E-state index in [1.807, 2.05) is 6.21 Å². The molecule has 0 aromatic carbocycles. The Hall–Kier alpha value is -2.25. The largest absolute Gasteiger partial charge is 0.409 e. The van der Waals surface area contributed by atoms with Crippen LogP contribution in [0.25, 0.3) is 0 Å². The number of hydrogen-bond donors (Lipinski definition) is 1. The van der Waals surface area contributed by atoms with Crippen molar-refractivity contribution in [3.05, 3.63) is 12.2 Å². The van der Waals surface area contributed by atoms with Crippen LogP contribution in [-0.2, 0) is 18.9 Å². The third kappa shape index (κ3) is 15.5. The van der Waals surface area contributed by atoms with E-state index in [2.05, 4.69) is 56.1 Å². The van der Waals surface area contributed by atoms with Gasteiger partial charge in [-0.15, -0.1) is 0 Å². The maximum absolute atomic E-state index is 12.5. The van der Waals surface area contributed by atoms with Gasteiger partial charge >= 0.3 is 14.1 Å². The number of ether oxygens (including phenoxy) is 1. The number of nitrogens with one attached hydrogen (secondary N) is 1. The van der Waals surface area contributed by atoms with Gasteiger partial charge in [-0.25, -0.2) is 4.99 Å². The van der Waals surface area contributed by atoms with Crippen molar-refractivity contribution in [1.29, 1.82) is 0 Å². The fourth-order valence-corrected chi connectivity index (χ4v) is 5.49. The third-order valence-electron chi connectivity index (χ3n) is 7.20. The fourth-order valence-electron chi connectivity index (χ4n) is 4.87. The molecule has 2 aliphatic heterocycles. The lowest BCUT2D eigenvalue weighted by Gasteiger charge is -2.30. The maximum Gasteiger partial charge on any atom is 0.409 e. The fraction of sp³-hybridized carbons (Fsp3) is 0.767. The van der Waals surface area contributed by atoms with Gasteiger partial charge in [-0.1, -0.05) is 80.2 Å². The summed E-state index contributed by atoms with van der Waals surface area (Å²) in [5.41, 5.74) is 0. The van der Waals surface area contributed by atoms with Crippen LogP contribution < -0.4 is 5.32 Å². The molecule has 0 saturated carbocycles. The molecule has 40 heavy (non-hydrogen) atoms. The topological polar surface area (TPSA) is 114 Å². The normalized spacial score (nSPS) is 20.3. The average Bonchev–Trinajstić information content (AvgIpc) is 2.96. The van der Waals surface area contributed by atoms with Gasteiger partial charge in [-0.2, -0.15) is 0 Å². The summed E-state index contributed by atoms with van der Waals surface area (Å²) in [4.78, 5) is 30.7. The second-order valence-corrected chi connectivity index (χ2v) is 12.1. The van der Waals surface area contributed by atoms with Crippen LogP contribution in [0.5, 0.6) is 0 Å². The van der Waals surface area contributed by atoms with E-state index < -0.39 is 7.80 Å². The van der Waals surface area contributed by atoms with E-state index in [4.69, 9.17) is 4.74 Å². The van der Waals surface area contributed by atoms with Gasteiger partial charge in [0.25, 0.3) is 0 Å². The Morgan fingerprint density at radius 2 is 1.75 bits per heavy atom. The summed E-state index contributed by atoms with van der Waals surface area (Å²) in [6, 6.07) is -0.274. The highest BCUT2D eigenvalue weighted by Gasteiger charge is 2.33. The SMILES string of the molecule is C=NOC[P+](=O)COCCC1C=NC2C(NC(=O)CCCCCCC/C=C\CCCCCCCC)=NC=NC2C1. The Kier molecular flexibility index (Phi) is 19.0. The predicted octanol–water partition coefficient (Wildman–Crippen LogP) is 7.19. The first-order valence-corrected chi connectivity index (χ1v) is 16.9. The summed E-state index contributed by atoms with van der Waals surface area (Å²) in [7, 11) is -1.60. The van der Waals surface area contributed by atoms with Crippen LogP contribution in [0, 0.1) is 5.92 Å². The van der Waals surface area contributed by atoms with Crippen molar-refractivity contribution in [2.45, 2.75) is 122 Å². The van der Waals surface area contributed by atoms with Crippen molar-refractivity contribution in [3.8, 4) is 0 Å². The number of oxime groups is 1. The van der Waals surface area contributed by atoms with Crippen LogP contribution in [0.4, 0.5) is 0 Å². The molecular formula is C30H51N5O4P+. The van der Waals surface area contributed by atoms with Crippen LogP contribution in [0.15, 0.2) is 32.3 Å². The Morgan fingerprint density at radius 3 is 2.48 bits per heavy atom. The van der Waals surface area contributed by atoms with Crippen molar-refractivity contribution in [2.24, 2.45) is 26.1 Å². The van der Waals surface area contributed by atoms with Gasteiger partial charge in [0.2, 0.25) is 12.3 Å². The van der Waals surface area contributed by atoms with E-state index in [0.717, 1.165) is 25.7 Å². The number of amides is 1. The molecule has 0 aromatic rings. The lowest BCUT2D eigenvalue weighted by atomic mass is 9.90. The van der Waals surface area contributed by atoms with Crippen LogP contribution in [0.2, 0.25) is 0 Å². The van der Waals surface area contributed by atoms with Gasteiger partial charge in [0.05, 0.1) is 12.6 Å². The number of carbonyl (C=O) groups excluding carboxylic acids is 1. The number of fused-ring (bicyclic) bond motifs is 1. The zero-order valence-electron chi connectivity index (χ0n) is 24.6. The molecule has 9 nitrogen and oxygen atoms in total. The van der Waals surface area contributed by atoms with Crippen molar-refractivity contribution < 1.29 is 18.9 Å². The second-order valence-electron chi connectivity index (χ2n) is 10.7. The monoisotopic (exact) mass is 576 g/mol. The molecule has 0 spiro atoms. The van der Waals surface area contributed by atoms with E-state index >= 15 is 0 Å². The molecule has 2 rings (SSSR count). The Bertz CT molecular complexity index is 861. The molecule has 0 bridgehead atoms. The van der Waals surface area contributed by atoms with Crippen molar-refractivity contribution in [2.75, 3.05) is 19.3 Å². The van der Waals surface area contributed by atoms with Gasteiger partial charge in [0, 0.05) is 19.4 Å². The molecular weight excluding hydrogens is 525 g/mol. The number of unbranched alkanes of at least 4 members (excludes halogenated alkanes) is 11. The molecule has 224 valence electrons. The molecule has 10 heteroatoms. The number of nitrogens with zero attached hydrogens (tertiary/aromatic N) is 4. The van der Waals surface area contributed by atoms with Crippen LogP contribution >= 0.6 is 7.80 Å². The van der Waals surface area contributed by atoms with Gasteiger partial charge < -0.3 is 14.9 Å². The first-order valence-electron chi connectivity index (χ1n) is 15.3. The summed E-state index contributed by atoms with van der Waals surface area (Å²) in [5.74, 6) is 0.811. The number of amidine groups is 1. The molecule has 2 aliphatic rings. The average molecular weight is 577 g/mol. The summed E-state index contributed by atoms with van der Waals surface area (Å²) in [6.07, 6.45) is 26.5. The highest BCUT2D eigenvalue weighted by molar-refractivity contribution is 7.44. The Balaban J connectivity index is 1.51. The molecule has 1 N–H and O–H groups in total. The van der Waals surface area contributed by atoms with Gasteiger partial charge in [-0.3, -0.25) is 14.8 Å². The summed E-state index contributed by atoms with van der Waals surface area (Å²) in [6.45, 7) is 5.93. The molecule has 4 unspecified atom stereocenters. The second kappa shape index (κ2) is 22.4. The first-order chi connectivity index (χ1) is 19.6. The molecule has 0 fully saturated rings. The standard InChI is InChI=1S/C30H50N5O4P/c1-3-4-5-6-7-8-9-10-11-12-13-14-15-16-17-18-28(36)35-30-29-27(33-23-34-30)21-26(22-32-29)19-20-38-24-40(37)25-39-31-2/h10-11,22-23,26-27,29H,2-9,12-21,24-25H2,1H3/p+1/b11-10-. The minimum Gasteiger partial charge on any atom is -0.345 e. The van der Waals surface area contributed by atoms with Gasteiger partial charge in [-0.05, 0) is 50.9 Å². The maximum atomic E-state index is 12.5. The minimum absolute atomic E-state index is 0.000830. The lowest BCUT2D eigenvalue weighted by molar-refractivity contribution is -0.119. The van der Waals surface area contributed by atoms with Crippen LogP contribution in [0.3, 0.4) is 0 Å². The first kappa shape index (κ1) is 34.0. The highest BCUT2D eigenvalue weighted by atomic mass is 31.1. The molecule has 2 heterocycles. The molecule has 0 aromatic heterocycles. The van der Waals surface area contributed by atoms with Crippen LogP contribution in [0.1, 0.15) is 110 Å². The number of aliphatic imine (C=N–C) groups is 3. The van der Waals surface area contributed by atoms with E-state index in [9.17, 15) is 9.36 Å². The number of allylic oxidation sites excluding steroid dienone is 2. The van der Waals surface area contributed by atoms with Gasteiger partial charge in [0.15, 0.2) is 0 Å². The van der Waals surface area contributed by atoms with E-state index in [1.165, 1.54) is 77.0 Å². The van der Waals surface area contributed by atoms with Crippen molar-refractivity contribution in [1.82, 2.24) is 5.32 Å². The van der Waals surface area contributed by atoms with Crippen molar-refractivity contribution in [3.63, 3.8) is 0 Å². The quantitative estimate of drug-likeness (QED) is 0.0456. The smallest absolute Gasteiger partial charge is 0.345 e. The van der Waals surface area contributed by atoms with E-state index in [-0.39, 0.29) is 36.6 Å². The molecule has 0 aliphatic carbocycles. The zero-order valence-corrected chi connectivity index (χ0v) is 25.4. The predicted molar refractivity (Wildman–Crippen MR) is 166 cm³/mol. The third-order valence-corrected chi connectivity index (χ3v) is 8.07. The number of rotatable bonds is 23. The Labute approximate surface area is 242 Å². The number of carbonyl (C=O) groups is 1. The molecule has 4 atom stereocenters. The van der Waals surface area contributed by atoms with Gasteiger partial charge in [0.1, 0.15) is 18.2 Å². The van der Waals surface area contributed by atoms with E-state index in [0.29, 0.717) is 18.9 Å². The zero-order chi connectivity index (χ0) is 28.7. The van der Waals surface area contributed by atoms with Crippen LogP contribution in [-0.4, -0.2) is 62.4 Å². The minimum atomic E-state index is -1.60. The Morgan fingerprint density at radius 1 is 1.05 bits per heavy atom. The molecule has 1 amide bonds. The summed E-state index contributed by atoms with van der Waals surface area (Å²) >= 11 is 0. The van der Waals surface area contributed by atoms with Crippen molar-refractivity contribution >= 4 is 38.8 Å². The number of hydrogen-bond acceptors (Lipinski definition) is 8. The summed E-state index contributed by atoms with van der Waals surface area (Å²) in [5, 5.41) is 6.21. The highest BCUT2D eigenvalue weighted by Crippen LogP contribution is 2.25. The molecule has 0 saturated heterocycles.